The maximum atomic E-state index is 12.7. The summed E-state index contributed by atoms with van der Waals surface area (Å²) in [5.41, 5.74) is 7.09. The number of nitrogens with two attached hydrogens (primary N) is 1. The number of hydrogen-bond acceptors (Lipinski definition) is 6. The molecule has 0 amide bonds. The molecule has 0 radical (unpaired) electrons. The van der Waals surface area contributed by atoms with Gasteiger partial charge in [0.2, 0.25) is 5.78 Å². The van der Waals surface area contributed by atoms with Crippen LogP contribution >= 0.6 is 0 Å². The number of carbonyl (C=O) groups is 2. The largest absolute Gasteiger partial charge is 0.454 e. The molecule has 2 rings (SSSR count). The Morgan fingerprint density at radius 3 is 2.14 bits per heavy atom. The average Bonchev–Trinajstić information content (AvgIpc) is 2.61. The van der Waals surface area contributed by atoms with Gasteiger partial charge in [-0.3, -0.25) is 18.7 Å². The minimum atomic E-state index is -0.809. The lowest BCUT2D eigenvalue weighted by molar-refractivity contribution is 0.0472. The molecule has 2 N–H and O–H groups in total. The van der Waals surface area contributed by atoms with E-state index in [2.05, 4.69) is 0 Å². The third-order valence-corrected chi connectivity index (χ3v) is 4.63. The molecule has 0 aliphatic rings. The monoisotopic (exact) mass is 401 g/mol. The van der Waals surface area contributed by atoms with Crippen molar-refractivity contribution in [2.75, 3.05) is 12.3 Å². The van der Waals surface area contributed by atoms with Gasteiger partial charge in [0, 0.05) is 13.6 Å². The summed E-state index contributed by atoms with van der Waals surface area (Å²) in [6.45, 7) is 8.86. The minimum Gasteiger partial charge on any atom is -0.454 e. The van der Waals surface area contributed by atoms with Gasteiger partial charge in [0.05, 0.1) is 5.56 Å². The highest BCUT2D eigenvalue weighted by atomic mass is 16.5. The fraction of sp³-hybridized carbons (Fsp3) is 0.429. The molecule has 2 aromatic rings. The number of nitrogens with zero attached hydrogens (tertiary/aromatic N) is 2. The number of Topliss-reactive ketones (excluding diaryl/α,β-unsaturated/α-hetero) is 1. The van der Waals surface area contributed by atoms with E-state index in [1.165, 1.54) is 11.6 Å². The van der Waals surface area contributed by atoms with Crippen LogP contribution in [-0.4, -0.2) is 27.5 Å². The van der Waals surface area contributed by atoms with Gasteiger partial charge in [-0.2, -0.15) is 0 Å². The van der Waals surface area contributed by atoms with Crippen molar-refractivity contribution in [2.45, 2.75) is 41.2 Å². The summed E-state index contributed by atoms with van der Waals surface area (Å²) in [6, 6.07) is 3.70. The third-order valence-electron chi connectivity index (χ3n) is 4.63. The van der Waals surface area contributed by atoms with Gasteiger partial charge in [0.15, 0.2) is 6.61 Å². The van der Waals surface area contributed by atoms with E-state index in [-0.39, 0.29) is 23.8 Å². The Kier molecular flexibility index (Phi) is 6.46. The second-order valence-electron chi connectivity index (χ2n) is 7.68. The second kappa shape index (κ2) is 8.46. The normalized spacial score (nSPS) is 11.0. The van der Waals surface area contributed by atoms with Gasteiger partial charge in [0.1, 0.15) is 11.4 Å². The van der Waals surface area contributed by atoms with Crippen LogP contribution in [0.3, 0.4) is 0 Å². The molecule has 1 aromatic heterocycles. The fourth-order valence-electron chi connectivity index (χ4n) is 3.36. The van der Waals surface area contributed by atoms with E-state index < -0.39 is 29.6 Å². The summed E-state index contributed by atoms with van der Waals surface area (Å²) in [4.78, 5) is 49.9. The molecule has 0 saturated carbocycles. The molecule has 156 valence electrons. The molecule has 1 aromatic carbocycles. The van der Waals surface area contributed by atoms with Gasteiger partial charge in [-0.05, 0) is 37.8 Å². The van der Waals surface area contributed by atoms with Crippen molar-refractivity contribution in [3.8, 4) is 0 Å². The number of nitrogen functional groups attached to an aromatic ring is 1. The van der Waals surface area contributed by atoms with Crippen molar-refractivity contribution in [3.63, 3.8) is 0 Å². The highest BCUT2D eigenvalue weighted by Gasteiger charge is 2.24. The summed E-state index contributed by atoms with van der Waals surface area (Å²) < 4.78 is 7.19. The lowest BCUT2D eigenvalue weighted by Crippen LogP contribution is -2.43. The number of benzene rings is 1. The van der Waals surface area contributed by atoms with Crippen LogP contribution in [-0.2, 0) is 18.3 Å². The maximum Gasteiger partial charge on any atom is 0.339 e. The Morgan fingerprint density at radius 2 is 1.62 bits per heavy atom. The zero-order chi connectivity index (χ0) is 22.0. The highest BCUT2D eigenvalue weighted by molar-refractivity contribution is 6.02. The van der Waals surface area contributed by atoms with Crippen molar-refractivity contribution < 1.29 is 14.3 Å². The maximum absolute atomic E-state index is 12.7. The molecule has 0 bridgehead atoms. The molecule has 0 aliphatic carbocycles. The second-order valence-corrected chi connectivity index (χ2v) is 7.68. The van der Waals surface area contributed by atoms with E-state index in [4.69, 9.17) is 10.5 Å². The summed E-state index contributed by atoms with van der Waals surface area (Å²) in [5.74, 6) is -1.55. The standard InChI is InChI=1S/C21H27N3O5/c1-11(2)9-24-18(22)17(19(26)23(6)21(24)28)15(25)10-29-20(27)16-13(4)7-12(3)8-14(16)5/h7-8,11H,9-10,22H2,1-6H3. The van der Waals surface area contributed by atoms with Crippen LogP contribution < -0.4 is 17.0 Å². The van der Waals surface area contributed by atoms with Gasteiger partial charge < -0.3 is 10.5 Å². The van der Waals surface area contributed by atoms with Gasteiger partial charge in [-0.25, -0.2) is 9.59 Å². The van der Waals surface area contributed by atoms with Crippen LogP contribution in [0.5, 0.6) is 0 Å². The van der Waals surface area contributed by atoms with Crippen LogP contribution in [0.25, 0.3) is 0 Å². The number of aromatic nitrogens is 2. The van der Waals surface area contributed by atoms with Crippen molar-refractivity contribution in [2.24, 2.45) is 13.0 Å². The predicted molar refractivity (Wildman–Crippen MR) is 110 cm³/mol. The van der Waals surface area contributed by atoms with Crippen LogP contribution in [0.4, 0.5) is 5.82 Å². The van der Waals surface area contributed by atoms with E-state index in [0.29, 0.717) is 5.56 Å². The Hall–Kier alpha value is -3.16. The highest BCUT2D eigenvalue weighted by Crippen LogP contribution is 2.18. The first-order chi connectivity index (χ1) is 13.5. The topological polar surface area (TPSA) is 113 Å². The summed E-state index contributed by atoms with van der Waals surface area (Å²) >= 11 is 0. The minimum absolute atomic E-state index is 0.0702. The first-order valence-electron chi connectivity index (χ1n) is 9.33. The van der Waals surface area contributed by atoms with Gasteiger partial charge in [-0.15, -0.1) is 0 Å². The van der Waals surface area contributed by atoms with E-state index in [1.807, 2.05) is 32.9 Å². The Balaban J connectivity index is 2.35. The molecule has 0 aliphatic heterocycles. The number of anilines is 1. The number of carbonyl (C=O) groups excluding carboxylic acids is 2. The Morgan fingerprint density at radius 1 is 1.07 bits per heavy atom. The van der Waals surface area contributed by atoms with Crippen molar-refractivity contribution in [1.82, 2.24) is 9.13 Å². The first-order valence-corrected chi connectivity index (χ1v) is 9.33. The molecule has 29 heavy (non-hydrogen) atoms. The van der Waals surface area contributed by atoms with Gasteiger partial charge in [-0.1, -0.05) is 31.5 Å². The summed E-state index contributed by atoms with van der Waals surface area (Å²) in [6.07, 6.45) is 0. The predicted octanol–water partition coefficient (Wildman–Crippen LogP) is 1.75. The summed E-state index contributed by atoms with van der Waals surface area (Å²) in [7, 11) is 1.28. The molecular formula is C21H27N3O5. The zero-order valence-corrected chi connectivity index (χ0v) is 17.7. The molecule has 8 nitrogen and oxygen atoms in total. The quantitative estimate of drug-likeness (QED) is 0.583. The number of ketones is 1. The fourth-order valence-corrected chi connectivity index (χ4v) is 3.36. The van der Waals surface area contributed by atoms with Crippen LogP contribution in [0.15, 0.2) is 21.7 Å². The van der Waals surface area contributed by atoms with Crippen LogP contribution in [0.2, 0.25) is 0 Å². The van der Waals surface area contributed by atoms with Crippen LogP contribution in [0.1, 0.15) is 51.3 Å². The average molecular weight is 401 g/mol. The molecule has 1 heterocycles. The molecule has 0 fully saturated rings. The molecule has 0 atom stereocenters. The van der Waals surface area contributed by atoms with Gasteiger partial charge >= 0.3 is 11.7 Å². The smallest absolute Gasteiger partial charge is 0.339 e. The number of rotatable bonds is 6. The Bertz CT molecular complexity index is 1070. The SMILES string of the molecule is Cc1cc(C)c(C(=O)OCC(=O)c2c(N)n(CC(C)C)c(=O)n(C)c2=O)c(C)c1. The number of ether oxygens (including phenoxy) is 1. The molecule has 0 spiro atoms. The third kappa shape index (κ3) is 4.47. The van der Waals surface area contributed by atoms with E-state index in [9.17, 15) is 19.2 Å². The number of esters is 1. The first kappa shape index (κ1) is 22.1. The van der Waals surface area contributed by atoms with Crippen molar-refractivity contribution in [3.05, 3.63) is 60.8 Å². The Labute approximate surface area is 168 Å². The summed E-state index contributed by atoms with van der Waals surface area (Å²) in [5, 5.41) is 0. The van der Waals surface area contributed by atoms with E-state index in [1.54, 1.807) is 13.8 Å². The van der Waals surface area contributed by atoms with Crippen molar-refractivity contribution >= 4 is 17.6 Å². The molecule has 0 unspecified atom stereocenters. The van der Waals surface area contributed by atoms with Crippen molar-refractivity contribution in [1.29, 1.82) is 0 Å². The number of hydrogen-bond donors (Lipinski definition) is 1. The van der Waals surface area contributed by atoms with Crippen LogP contribution in [0, 0.1) is 26.7 Å². The van der Waals surface area contributed by atoms with E-state index >= 15 is 0 Å². The molecular weight excluding hydrogens is 374 g/mol. The van der Waals surface area contributed by atoms with Gasteiger partial charge in [0.25, 0.3) is 5.56 Å². The lowest BCUT2D eigenvalue weighted by atomic mass is 10.00. The number of aryl methyl sites for hydroxylation is 3. The molecule has 8 heteroatoms. The zero-order valence-electron chi connectivity index (χ0n) is 17.7. The lowest BCUT2D eigenvalue weighted by Gasteiger charge is -2.16. The molecule has 0 saturated heterocycles. The van der Waals surface area contributed by atoms with E-state index in [0.717, 1.165) is 21.3 Å².